The second kappa shape index (κ2) is 37.6. The van der Waals surface area contributed by atoms with E-state index in [1.165, 1.54) is 19.3 Å². The van der Waals surface area contributed by atoms with Crippen LogP contribution in [-0.2, 0) is 65.4 Å². The fourth-order valence-electron chi connectivity index (χ4n) is 5.71. The van der Waals surface area contributed by atoms with Crippen LogP contribution in [0.25, 0.3) is 0 Å². The Bertz CT molecular complexity index is 1220. The van der Waals surface area contributed by atoms with Crippen molar-refractivity contribution in [2.75, 3.05) is 39.6 Å². The van der Waals surface area contributed by atoms with Gasteiger partial charge in [0.15, 0.2) is 12.2 Å². The maximum atomic E-state index is 12.7. The number of carbonyl (C=O) groups is 4. The Hall–Kier alpha value is -1.94. The standard InChI is InChI=1S/C41H78O17P2/c1-5-8-11-14-17-19-22-25-28-41(46)58-38(32-52-39(44)26-23-21-18-15-12-9-6-2)34-56-60(49,50)54-30-36(43)29-53-59(47,48)55-33-37(31-51-35(4)42)57-40(45)27-24-20-16-13-10-7-3/h36-38,43H,5-34H2,1-4H3,(H,47,48)(H,49,50)/t36-,37-,38-/m1/s1. The minimum Gasteiger partial charge on any atom is -0.462 e. The molecule has 0 amide bonds. The van der Waals surface area contributed by atoms with Gasteiger partial charge in [0.05, 0.1) is 26.4 Å². The number of aliphatic hydroxyl groups is 1. The van der Waals surface area contributed by atoms with Crippen LogP contribution in [0.15, 0.2) is 0 Å². The Kier molecular flexibility index (Phi) is 36.4. The summed E-state index contributed by atoms with van der Waals surface area (Å²) in [6, 6.07) is 0. The van der Waals surface area contributed by atoms with Gasteiger partial charge in [0.2, 0.25) is 0 Å². The van der Waals surface area contributed by atoms with Crippen molar-refractivity contribution in [1.82, 2.24) is 0 Å². The van der Waals surface area contributed by atoms with E-state index >= 15 is 0 Å². The molecule has 0 radical (unpaired) electrons. The summed E-state index contributed by atoms with van der Waals surface area (Å²) in [5, 5.41) is 10.2. The maximum Gasteiger partial charge on any atom is 0.472 e. The normalized spacial score (nSPS) is 15.0. The molecular weight excluding hydrogens is 826 g/mol. The molecule has 0 aliphatic carbocycles. The summed E-state index contributed by atoms with van der Waals surface area (Å²) >= 11 is 0. The largest absolute Gasteiger partial charge is 0.472 e. The average molecular weight is 905 g/mol. The van der Waals surface area contributed by atoms with Crippen molar-refractivity contribution in [3.8, 4) is 0 Å². The molecule has 5 atom stereocenters. The van der Waals surface area contributed by atoms with E-state index in [9.17, 15) is 43.2 Å². The molecule has 0 aromatic heterocycles. The van der Waals surface area contributed by atoms with E-state index in [-0.39, 0.29) is 19.3 Å². The van der Waals surface area contributed by atoms with Gasteiger partial charge in [-0.3, -0.25) is 37.3 Å². The summed E-state index contributed by atoms with van der Waals surface area (Å²) in [6.45, 7) is 3.52. The number of hydrogen-bond donors (Lipinski definition) is 3. The molecule has 0 saturated heterocycles. The van der Waals surface area contributed by atoms with E-state index in [4.69, 9.17) is 37.0 Å². The number of rotatable bonds is 42. The quantitative estimate of drug-likeness (QED) is 0.0224. The molecule has 0 aliphatic rings. The maximum absolute atomic E-state index is 12.7. The molecule has 0 aliphatic heterocycles. The molecule has 0 rings (SSSR count). The topological polar surface area (TPSA) is 237 Å². The molecule has 0 saturated carbocycles. The molecule has 2 unspecified atom stereocenters. The van der Waals surface area contributed by atoms with Gasteiger partial charge < -0.3 is 33.8 Å². The fraction of sp³-hybridized carbons (Fsp3) is 0.902. The molecule has 354 valence electrons. The van der Waals surface area contributed by atoms with E-state index in [0.29, 0.717) is 19.3 Å². The zero-order valence-electron chi connectivity index (χ0n) is 36.9. The molecule has 3 N–H and O–H groups in total. The molecule has 17 nitrogen and oxygen atoms in total. The summed E-state index contributed by atoms with van der Waals surface area (Å²) in [6.07, 6.45) is 17.1. The van der Waals surface area contributed by atoms with Crippen molar-refractivity contribution < 1.29 is 80.2 Å². The lowest BCUT2D eigenvalue weighted by Gasteiger charge is -2.21. The van der Waals surface area contributed by atoms with Gasteiger partial charge in [-0.25, -0.2) is 9.13 Å². The highest BCUT2D eigenvalue weighted by Gasteiger charge is 2.30. The first-order valence-corrected chi connectivity index (χ1v) is 25.2. The highest BCUT2D eigenvalue weighted by Crippen LogP contribution is 2.45. The predicted molar refractivity (Wildman–Crippen MR) is 225 cm³/mol. The van der Waals surface area contributed by atoms with Crippen LogP contribution < -0.4 is 0 Å². The van der Waals surface area contributed by atoms with Crippen LogP contribution in [-0.4, -0.2) is 96.7 Å². The fourth-order valence-corrected chi connectivity index (χ4v) is 7.29. The number of esters is 4. The van der Waals surface area contributed by atoms with Gasteiger partial charge in [-0.1, -0.05) is 136 Å². The second-order valence-electron chi connectivity index (χ2n) is 15.1. The number of ether oxygens (including phenoxy) is 4. The van der Waals surface area contributed by atoms with Crippen molar-refractivity contribution in [1.29, 1.82) is 0 Å². The van der Waals surface area contributed by atoms with Crippen molar-refractivity contribution >= 4 is 39.5 Å². The Morgan fingerprint density at radius 3 is 1.08 bits per heavy atom. The van der Waals surface area contributed by atoms with Gasteiger partial charge in [-0.15, -0.1) is 0 Å². The third-order valence-electron chi connectivity index (χ3n) is 9.16. The minimum absolute atomic E-state index is 0.0958. The zero-order valence-corrected chi connectivity index (χ0v) is 38.7. The van der Waals surface area contributed by atoms with Gasteiger partial charge >= 0.3 is 39.5 Å². The Morgan fingerprint density at radius 2 is 0.733 bits per heavy atom. The van der Waals surface area contributed by atoms with Gasteiger partial charge in [-0.2, -0.15) is 0 Å². The number of unbranched alkanes of at least 4 members (excludes halogenated alkanes) is 18. The number of phosphoric ester groups is 2. The third-order valence-corrected chi connectivity index (χ3v) is 11.1. The van der Waals surface area contributed by atoms with Gasteiger partial charge in [0, 0.05) is 26.2 Å². The molecule has 0 aromatic carbocycles. The molecule has 0 fully saturated rings. The van der Waals surface area contributed by atoms with E-state index in [2.05, 4.69) is 20.8 Å². The Labute approximate surface area is 358 Å². The molecule has 0 spiro atoms. The van der Waals surface area contributed by atoms with Crippen molar-refractivity contribution in [3.05, 3.63) is 0 Å². The molecule has 60 heavy (non-hydrogen) atoms. The van der Waals surface area contributed by atoms with E-state index < -0.39 is 97.5 Å². The van der Waals surface area contributed by atoms with Gasteiger partial charge in [0.25, 0.3) is 0 Å². The van der Waals surface area contributed by atoms with Crippen LogP contribution in [0, 0.1) is 0 Å². The highest BCUT2D eigenvalue weighted by atomic mass is 31.2. The second-order valence-corrected chi connectivity index (χ2v) is 18.0. The van der Waals surface area contributed by atoms with Crippen molar-refractivity contribution in [3.63, 3.8) is 0 Å². The molecule has 0 aromatic rings. The third kappa shape index (κ3) is 37.8. The first-order valence-electron chi connectivity index (χ1n) is 22.2. The monoisotopic (exact) mass is 904 g/mol. The summed E-state index contributed by atoms with van der Waals surface area (Å²) < 4.78 is 65.5. The van der Waals surface area contributed by atoms with Crippen LogP contribution in [0.4, 0.5) is 0 Å². The number of carbonyl (C=O) groups excluding carboxylic acids is 4. The lowest BCUT2D eigenvalue weighted by molar-refractivity contribution is -0.161. The summed E-state index contributed by atoms with van der Waals surface area (Å²) in [4.78, 5) is 69.0. The van der Waals surface area contributed by atoms with Crippen LogP contribution in [0.2, 0.25) is 0 Å². The van der Waals surface area contributed by atoms with Crippen LogP contribution in [0.1, 0.15) is 182 Å². The predicted octanol–water partition coefficient (Wildman–Crippen LogP) is 8.97. The Morgan fingerprint density at radius 1 is 0.433 bits per heavy atom. The molecule has 0 bridgehead atoms. The first kappa shape index (κ1) is 58.1. The average Bonchev–Trinajstić information content (AvgIpc) is 3.20. The lowest BCUT2D eigenvalue weighted by Crippen LogP contribution is -2.30. The first-order chi connectivity index (χ1) is 28.6. The highest BCUT2D eigenvalue weighted by molar-refractivity contribution is 7.47. The molecule has 19 heteroatoms. The number of phosphoric acid groups is 2. The van der Waals surface area contributed by atoms with Crippen LogP contribution in [0.5, 0.6) is 0 Å². The van der Waals surface area contributed by atoms with Gasteiger partial charge in [0.1, 0.15) is 19.3 Å². The molecular formula is C41H78O17P2. The number of hydrogen-bond acceptors (Lipinski definition) is 15. The SMILES string of the molecule is CCCCCCCCCCC(=O)O[C@H](COC(=O)CCCCCCCCC)COP(=O)(O)OC[C@H](O)COP(=O)(O)OC[C@@H](COC(C)=O)OC(=O)CCCCCCCC. The summed E-state index contributed by atoms with van der Waals surface area (Å²) in [5.74, 6) is -2.37. The zero-order chi connectivity index (χ0) is 44.9. The number of aliphatic hydroxyl groups excluding tert-OH is 1. The lowest BCUT2D eigenvalue weighted by atomic mass is 10.1. The summed E-state index contributed by atoms with van der Waals surface area (Å²) in [7, 11) is -9.78. The van der Waals surface area contributed by atoms with E-state index in [1.807, 2.05) is 0 Å². The van der Waals surface area contributed by atoms with Crippen LogP contribution >= 0.6 is 15.6 Å². The van der Waals surface area contributed by atoms with Crippen molar-refractivity contribution in [2.24, 2.45) is 0 Å². The van der Waals surface area contributed by atoms with Gasteiger partial charge in [-0.05, 0) is 19.3 Å². The van der Waals surface area contributed by atoms with E-state index in [0.717, 1.165) is 103 Å². The summed E-state index contributed by atoms with van der Waals surface area (Å²) in [5.41, 5.74) is 0. The smallest absolute Gasteiger partial charge is 0.462 e. The molecule has 0 heterocycles. The van der Waals surface area contributed by atoms with Crippen LogP contribution in [0.3, 0.4) is 0 Å². The van der Waals surface area contributed by atoms with E-state index in [1.54, 1.807) is 0 Å². The Balaban J connectivity index is 4.98. The van der Waals surface area contributed by atoms with Crippen molar-refractivity contribution in [2.45, 2.75) is 200 Å². The minimum atomic E-state index is -4.90.